The first-order chi connectivity index (χ1) is 14.4. The van der Waals surface area contributed by atoms with E-state index in [4.69, 9.17) is 23.2 Å². The van der Waals surface area contributed by atoms with Gasteiger partial charge in [0.2, 0.25) is 0 Å². The van der Waals surface area contributed by atoms with Crippen molar-refractivity contribution in [2.24, 2.45) is 10.2 Å². The lowest BCUT2D eigenvalue weighted by atomic mass is 10.2. The number of hydrogen-bond donors (Lipinski definition) is 4. The van der Waals surface area contributed by atoms with Crippen molar-refractivity contribution >= 4 is 66.9 Å². The van der Waals surface area contributed by atoms with Crippen LogP contribution in [0, 0.1) is 0 Å². The topological polar surface area (TPSA) is 107 Å². The summed E-state index contributed by atoms with van der Waals surface area (Å²) in [5, 5.41) is 15.3. The Morgan fingerprint density at radius 2 is 1.03 bits per heavy atom. The molecule has 0 radical (unpaired) electrons. The molecule has 0 saturated carbocycles. The zero-order valence-corrected chi connectivity index (χ0v) is 19.0. The van der Waals surface area contributed by atoms with Crippen LogP contribution in [0.2, 0.25) is 10.0 Å². The molecule has 0 saturated heterocycles. The Hall–Kier alpha value is -2.40. The van der Waals surface area contributed by atoms with Crippen molar-refractivity contribution in [2.45, 2.75) is 0 Å². The van der Waals surface area contributed by atoms with Crippen molar-refractivity contribution in [3.8, 4) is 0 Å². The first-order valence-electron chi connectivity index (χ1n) is 8.40. The molecule has 0 bridgehead atoms. The van der Waals surface area contributed by atoms with Crippen molar-refractivity contribution in [3.63, 3.8) is 0 Å². The fourth-order valence-electron chi connectivity index (χ4n) is 1.84. The van der Waals surface area contributed by atoms with Gasteiger partial charge in [-0.2, -0.15) is 10.2 Å². The predicted octanol–water partition coefficient (Wildman–Crippen LogP) is 4.26. The second kappa shape index (κ2) is 12.3. The summed E-state index contributed by atoms with van der Waals surface area (Å²) in [6, 6.07) is 13.1. The van der Waals surface area contributed by atoms with Gasteiger partial charge in [-0.1, -0.05) is 47.5 Å². The third kappa shape index (κ3) is 7.79. The molecule has 12 heteroatoms. The number of rotatable bonds is 4. The van der Waals surface area contributed by atoms with Gasteiger partial charge in [-0.05, 0) is 45.9 Å². The summed E-state index contributed by atoms with van der Waals surface area (Å²) in [4.78, 5) is 23.1. The minimum Gasteiger partial charge on any atom is -0.340 e. The van der Waals surface area contributed by atoms with Crippen LogP contribution in [0.25, 0.3) is 0 Å². The predicted molar refractivity (Wildman–Crippen MR) is 126 cm³/mol. The van der Waals surface area contributed by atoms with Crippen LogP contribution in [0.15, 0.2) is 58.7 Å². The molecule has 2 rings (SSSR count). The highest BCUT2D eigenvalue weighted by Crippen LogP contribution is 2.31. The first kappa shape index (κ1) is 23.9. The van der Waals surface area contributed by atoms with Crippen molar-refractivity contribution < 1.29 is 9.59 Å². The van der Waals surface area contributed by atoms with E-state index in [2.05, 4.69) is 31.7 Å². The summed E-state index contributed by atoms with van der Waals surface area (Å²) < 4.78 is 0. The van der Waals surface area contributed by atoms with Crippen molar-refractivity contribution in [1.29, 1.82) is 0 Å². The van der Waals surface area contributed by atoms with Gasteiger partial charge in [0.1, 0.15) is 10.1 Å². The maximum absolute atomic E-state index is 11.5. The number of benzene rings is 2. The molecule has 0 aromatic heterocycles. The number of urea groups is 2. The second-order valence-electron chi connectivity index (χ2n) is 5.40. The van der Waals surface area contributed by atoms with Gasteiger partial charge in [0.25, 0.3) is 0 Å². The summed E-state index contributed by atoms with van der Waals surface area (Å²) >= 11 is 11.9. The van der Waals surface area contributed by atoms with E-state index in [9.17, 15) is 9.59 Å². The molecule has 0 aliphatic rings. The second-order valence-corrected chi connectivity index (χ2v) is 8.38. The van der Waals surface area contributed by atoms with E-state index in [0.717, 1.165) is 11.1 Å². The Kier molecular flexibility index (Phi) is 9.81. The Balaban J connectivity index is 2.28. The lowest BCUT2D eigenvalue weighted by Crippen LogP contribution is -2.29. The highest BCUT2D eigenvalue weighted by atomic mass is 35.5. The molecular formula is C18H18Cl2N6O2S2. The van der Waals surface area contributed by atoms with E-state index in [1.54, 1.807) is 48.5 Å². The van der Waals surface area contributed by atoms with E-state index in [1.807, 2.05) is 0 Å². The fourth-order valence-corrected chi connectivity index (χ4v) is 4.16. The number of nitrogens with one attached hydrogen (secondary N) is 4. The fraction of sp³-hybridized carbons (Fsp3) is 0.111. The minimum absolute atomic E-state index is 0.458. The molecule has 0 aliphatic carbocycles. The normalized spacial score (nSPS) is 11.6. The van der Waals surface area contributed by atoms with Crippen LogP contribution in [0.5, 0.6) is 0 Å². The van der Waals surface area contributed by atoms with E-state index in [-0.39, 0.29) is 0 Å². The zero-order valence-electron chi connectivity index (χ0n) is 15.9. The summed E-state index contributed by atoms with van der Waals surface area (Å²) in [5.74, 6) is 0. The maximum Gasteiger partial charge on any atom is 0.334 e. The molecular weight excluding hydrogens is 467 g/mol. The molecule has 4 N–H and O–H groups in total. The average Bonchev–Trinajstić information content (AvgIpc) is 2.76. The van der Waals surface area contributed by atoms with E-state index >= 15 is 0 Å². The van der Waals surface area contributed by atoms with Gasteiger partial charge < -0.3 is 10.6 Å². The number of carbonyl (C=O) groups excluding carboxylic acids is 2. The Labute approximate surface area is 191 Å². The molecule has 158 valence electrons. The lowest BCUT2D eigenvalue weighted by molar-refractivity contribution is 0.242. The van der Waals surface area contributed by atoms with Gasteiger partial charge in [-0.3, -0.25) is 0 Å². The molecule has 8 nitrogen and oxygen atoms in total. The van der Waals surface area contributed by atoms with Gasteiger partial charge >= 0.3 is 12.1 Å². The van der Waals surface area contributed by atoms with Crippen molar-refractivity contribution in [3.05, 3.63) is 69.7 Å². The van der Waals surface area contributed by atoms with E-state index in [0.29, 0.717) is 20.1 Å². The van der Waals surface area contributed by atoms with Crippen LogP contribution >= 0.6 is 44.8 Å². The van der Waals surface area contributed by atoms with E-state index in [1.165, 1.54) is 35.7 Å². The quantitative estimate of drug-likeness (QED) is 0.225. The lowest BCUT2D eigenvalue weighted by Gasteiger charge is -2.09. The Morgan fingerprint density at radius 3 is 1.33 bits per heavy atom. The monoisotopic (exact) mass is 484 g/mol. The number of hydrogen-bond acceptors (Lipinski definition) is 6. The van der Waals surface area contributed by atoms with Crippen LogP contribution in [0.3, 0.4) is 0 Å². The van der Waals surface area contributed by atoms with Gasteiger partial charge in [-0.25, -0.2) is 20.4 Å². The molecule has 2 aromatic carbocycles. The smallest absolute Gasteiger partial charge is 0.334 e. The standard InChI is InChI=1S/C18H18Cl2N6O2S2/c1-21-17(27)25-23-15(11-3-7-13(19)8-4-11)29-30-16(24-26-18(28)22-2)12-5-9-14(20)10-6-12/h3-10H,1-2H3,(H2,21,25,27)(H2,22,26,28)/b23-15+,24-16+. The van der Waals surface area contributed by atoms with Crippen LogP contribution < -0.4 is 21.5 Å². The number of carbonyl (C=O) groups is 2. The minimum atomic E-state index is -0.458. The van der Waals surface area contributed by atoms with Crippen LogP contribution in [-0.4, -0.2) is 36.2 Å². The highest BCUT2D eigenvalue weighted by Gasteiger charge is 2.13. The third-order valence-corrected chi connectivity index (χ3v) is 6.11. The Bertz CT molecular complexity index is 859. The van der Waals surface area contributed by atoms with Gasteiger partial charge in [0, 0.05) is 35.3 Å². The summed E-state index contributed by atoms with van der Waals surface area (Å²) in [6.45, 7) is 0. The van der Waals surface area contributed by atoms with Gasteiger partial charge in [0.15, 0.2) is 0 Å². The van der Waals surface area contributed by atoms with Gasteiger partial charge in [-0.15, -0.1) is 0 Å². The Morgan fingerprint density at radius 1 is 0.700 bits per heavy atom. The molecule has 0 aliphatic heterocycles. The molecule has 4 amide bonds. The number of halogens is 2. The molecule has 0 heterocycles. The maximum atomic E-state index is 11.5. The average molecular weight is 485 g/mol. The summed E-state index contributed by atoms with van der Waals surface area (Å²) in [6.07, 6.45) is 0. The molecule has 0 atom stereocenters. The molecule has 2 aromatic rings. The molecule has 0 unspecified atom stereocenters. The summed E-state index contributed by atoms with van der Waals surface area (Å²) in [5.41, 5.74) is 6.30. The number of hydrazone groups is 2. The van der Waals surface area contributed by atoms with Crippen molar-refractivity contribution in [2.75, 3.05) is 14.1 Å². The SMILES string of the molecule is CNC(=O)N/N=C(/SS/C(=N/NC(=O)NC)c1ccc(Cl)cc1)c1ccc(Cl)cc1. The third-order valence-electron chi connectivity index (χ3n) is 3.35. The van der Waals surface area contributed by atoms with Crippen molar-refractivity contribution in [1.82, 2.24) is 21.5 Å². The van der Waals surface area contributed by atoms with Crippen LogP contribution in [-0.2, 0) is 0 Å². The molecule has 0 fully saturated rings. The van der Waals surface area contributed by atoms with E-state index < -0.39 is 12.1 Å². The molecule has 0 spiro atoms. The zero-order chi connectivity index (χ0) is 21.9. The first-order valence-corrected chi connectivity index (χ1v) is 11.3. The summed E-state index contributed by atoms with van der Waals surface area (Å²) in [7, 11) is 5.47. The van der Waals surface area contributed by atoms with Gasteiger partial charge in [0.05, 0.1) is 0 Å². The number of nitrogens with zero attached hydrogens (tertiary/aromatic N) is 2. The molecule has 30 heavy (non-hydrogen) atoms. The van der Waals surface area contributed by atoms with Crippen LogP contribution in [0.1, 0.15) is 11.1 Å². The highest BCUT2D eigenvalue weighted by molar-refractivity contribution is 8.87. The number of amides is 4. The largest absolute Gasteiger partial charge is 0.340 e. The van der Waals surface area contributed by atoms with Crippen LogP contribution in [0.4, 0.5) is 9.59 Å².